The van der Waals surface area contributed by atoms with E-state index in [9.17, 15) is 4.79 Å². The average Bonchev–Trinajstić information content (AvgIpc) is 3.01. The van der Waals surface area contributed by atoms with Crippen LogP contribution in [0, 0.1) is 5.92 Å². The van der Waals surface area contributed by atoms with Crippen molar-refractivity contribution < 1.29 is 9.53 Å². The van der Waals surface area contributed by atoms with Crippen LogP contribution in [0.15, 0.2) is 42.5 Å². The minimum atomic E-state index is -0.102. The highest BCUT2D eigenvalue weighted by molar-refractivity contribution is 5.77. The van der Waals surface area contributed by atoms with Crippen molar-refractivity contribution in [1.29, 1.82) is 0 Å². The van der Waals surface area contributed by atoms with Crippen LogP contribution >= 0.6 is 0 Å². The largest absolute Gasteiger partial charge is 0.465 e. The van der Waals surface area contributed by atoms with Crippen molar-refractivity contribution >= 4 is 5.97 Å². The number of hydrogen-bond donors (Lipinski definition) is 0. The fourth-order valence-corrected chi connectivity index (χ4v) is 3.19. The van der Waals surface area contributed by atoms with Crippen LogP contribution in [0.1, 0.15) is 18.9 Å². The second-order valence-electron chi connectivity index (χ2n) is 5.21. The highest BCUT2D eigenvalue weighted by Gasteiger charge is 2.46. The first kappa shape index (κ1) is 12.4. The predicted octanol–water partition coefficient (Wildman–Crippen LogP) is 2.38. The van der Waals surface area contributed by atoms with E-state index in [2.05, 4.69) is 29.2 Å². The van der Waals surface area contributed by atoms with Gasteiger partial charge in [-0.15, -0.1) is 0 Å². The van der Waals surface area contributed by atoms with E-state index in [0.717, 1.165) is 13.0 Å². The number of fused-ring (bicyclic) bond motifs is 2. The molecule has 2 bridgehead atoms. The SMILES string of the molecule is CCOC(=O)C1C2C=CC(C2)N1Cc1ccccc1. The highest BCUT2D eigenvalue weighted by Crippen LogP contribution is 2.38. The van der Waals surface area contributed by atoms with Crippen molar-refractivity contribution in [3.05, 3.63) is 48.0 Å². The molecule has 3 atom stereocenters. The molecule has 3 rings (SSSR count). The third-order valence-electron chi connectivity index (χ3n) is 4.02. The maximum absolute atomic E-state index is 12.1. The molecule has 0 amide bonds. The lowest BCUT2D eigenvalue weighted by Crippen LogP contribution is -2.44. The molecule has 0 radical (unpaired) electrons. The molecule has 0 aromatic heterocycles. The minimum Gasteiger partial charge on any atom is -0.465 e. The van der Waals surface area contributed by atoms with Gasteiger partial charge in [0.15, 0.2) is 0 Å². The number of nitrogens with zero attached hydrogens (tertiary/aromatic N) is 1. The summed E-state index contributed by atoms with van der Waals surface area (Å²) >= 11 is 0. The fourth-order valence-electron chi connectivity index (χ4n) is 3.19. The normalized spacial score (nSPS) is 28.8. The van der Waals surface area contributed by atoms with Gasteiger partial charge in [0.25, 0.3) is 0 Å². The van der Waals surface area contributed by atoms with E-state index >= 15 is 0 Å². The van der Waals surface area contributed by atoms with Crippen molar-refractivity contribution in [3.63, 3.8) is 0 Å². The molecule has 1 aliphatic heterocycles. The van der Waals surface area contributed by atoms with Crippen molar-refractivity contribution in [3.8, 4) is 0 Å². The molecule has 19 heavy (non-hydrogen) atoms. The molecule has 1 saturated heterocycles. The summed E-state index contributed by atoms with van der Waals surface area (Å²) in [7, 11) is 0. The van der Waals surface area contributed by atoms with E-state index in [-0.39, 0.29) is 12.0 Å². The third kappa shape index (κ3) is 2.30. The molecular formula is C16H19NO2. The number of likely N-dealkylation sites (tertiary alicyclic amines) is 1. The lowest BCUT2D eigenvalue weighted by atomic mass is 10.0. The van der Waals surface area contributed by atoms with Gasteiger partial charge in [-0.2, -0.15) is 0 Å². The van der Waals surface area contributed by atoms with Crippen LogP contribution in [0.25, 0.3) is 0 Å². The molecule has 2 aliphatic rings. The van der Waals surface area contributed by atoms with Gasteiger partial charge in [-0.1, -0.05) is 42.5 Å². The summed E-state index contributed by atoms with van der Waals surface area (Å²) in [6, 6.07) is 10.6. The van der Waals surface area contributed by atoms with Crippen molar-refractivity contribution in [2.24, 2.45) is 5.92 Å². The summed E-state index contributed by atoms with van der Waals surface area (Å²) in [6.07, 6.45) is 5.45. The Morgan fingerprint density at radius 1 is 1.32 bits per heavy atom. The van der Waals surface area contributed by atoms with Gasteiger partial charge < -0.3 is 4.74 Å². The molecular weight excluding hydrogens is 238 g/mol. The summed E-state index contributed by atoms with van der Waals surface area (Å²) in [6.45, 7) is 3.13. The predicted molar refractivity (Wildman–Crippen MR) is 73.4 cm³/mol. The standard InChI is InChI=1S/C16H19NO2/c1-2-19-16(18)15-13-8-9-14(10-13)17(15)11-12-6-4-3-5-7-12/h3-9,13-15H,2,10-11H2,1H3. The molecule has 3 heteroatoms. The highest BCUT2D eigenvalue weighted by atomic mass is 16.5. The topological polar surface area (TPSA) is 29.5 Å². The molecule has 100 valence electrons. The van der Waals surface area contributed by atoms with Gasteiger partial charge >= 0.3 is 5.97 Å². The maximum Gasteiger partial charge on any atom is 0.323 e. The van der Waals surface area contributed by atoms with E-state index in [4.69, 9.17) is 4.74 Å². The summed E-state index contributed by atoms with van der Waals surface area (Å²) in [5.74, 6) is 0.253. The van der Waals surface area contributed by atoms with Crippen molar-refractivity contribution in [1.82, 2.24) is 4.90 Å². The molecule has 1 fully saturated rings. The van der Waals surface area contributed by atoms with Crippen LogP contribution < -0.4 is 0 Å². The number of esters is 1. The van der Waals surface area contributed by atoms with Crippen LogP contribution in [0.4, 0.5) is 0 Å². The molecule has 0 saturated carbocycles. The first-order valence-electron chi connectivity index (χ1n) is 6.94. The van der Waals surface area contributed by atoms with Gasteiger partial charge in [0.1, 0.15) is 6.04 Å². The van der Waals surface area contributed by atoms with Gasteiger partial charge in [0.2, 0.25) is 0 Å². The first-order chi connectivity index (χ1) is 9.29. The number of carbonyl (C=O) groups excluding carboxylic acids is 1. The van der Waals surface area contributed by atoms with E-state index in [1.165, 1.54) is 5.56 Å². The van der Waals surface area contributed by atoms with Gasteiger partial charge in [0, 0.05) is 18.5 Å². The van der Waals surface area contributed by atoms with E-state index in [1.54, 1.807) is 0 Å². The zero-order valence-corrected chi connectivity index (χ0v) is 11.2. The third-order valence-corrected chi connectivity index (χ3v) is 4.02. The molecule has 0 N–H and O–H groups in total. The first-order valence-corrected chi connectivity index (χ1v) is 6.94. The van der Waals surface area contributed by atoms with Gasteiger partial charge in [-0.3, -0.25) is 9.69 Å². The Morgan fingerprint density at radius 2 is 2.11 bits per heavy atom. The Kier molecular flexibility index (Phi) is 3.38. The zero-order chi connectivity index (χ0) is 13.2. The van der Waals surface area contributed by atoms with Crippen LogP contribution in [0.5, 0.6) is 0 Å². The second-order valence-corrected chi connectivity index (χ2v) is 5.21. The Balaban J connectivity index is 1.78. The van der Waals surface area contributed by atoms with Gasteiger partial charge in [0.05, 0.1) is 6.61 Å². The molecule has 1 aromatic rings. The number of rotatable bonds is 4. The van der Waals surface area contributed by atoms with Gasteiger partial charge in [-0.05, 0) is 18.9 Å². The van der Waals surface area contributed by atoms with Crippen LogP contribution in [0.2, 0.25) is 0 Å². The Morgan fingerprint density at radius 3 is 2.84 bits per heavy atom. The summed E-state index contributed by atoms with van der Waals surface area (Å²) < 4.78 is 5.23. The molecule has 1 heterocycles. The molecule has 3 nitrogen and oxygen atoms in total. The lowest BCUT2D eigenvalue weighted by Gasteiger charge is -2.30. The van der Waals surface area contributed by atoms with Crippen LogP contribution in [-0.4, -0.2) is 29.6 Å². The summed E-state index contributed by atoms with van der Waals surface area (Å²) in [4.78, 5) is 14.4. The second kappa shape index (κ2) is 5.17. The number of carbonyl (C=O) groups is 1. The zero-order valence-electron chi connectivity index (χ0n) is 11.2. The van der Waals surface area contributed by atoms with Crippen molar-refractivity contribution in [2.75, 3.05) is 6.61 Å². The Hall–Kier alpha value is -1.61. The fraction of sp³-hybridized carbons (Fsp3) is 0.438. The quantitative estimate of drug-likeness (QED) is 0.612. The van der Waals surface area contributed by atoms with E-state index in [0.29, 0.717) is 18.6 Å². The minimum absolute atomic E-state index is 0.0738. The van der Waals surface area contributed by atoms with Gasteiger partial charge in [-0.25, -0.2) is 0 Å². The van der Waals surface area contributed by atoms with Crippen LogP contribution in [-0.2, 0) is 16.1 Å². The molecule has 0 spiro atoms. The number of hydrogen-bond acceptors (Lipinski definition) is 3. The Labute approximate surface area is 113 Å². The number of benzene rings is 1. The summed E-state index contributed by atoms with van der Waals surface area (Å²) in [5.41, 5.74) is 1.25. The summed E-state index contributed by atoms with van der Waals surface area (Å²) in [5, 5.41) is 0. The van der Waals surface area contributed by atoms with Crippen molar-refractivity contribution in [2.45, 2.75) is 32.0 Å². The number of ether oxygens (including phenoxy) is 1. The smallest absolute Gasteiger partial charge is 0.323 e. The van der Waals surface area contributed by atoms with E-state index < -0.39 is 0 Å². The maximum atomic E-state index is 12.1. The lowest BCUT2D eigenvalue weighted by molar-refractivity contribution is -0.150. The van der Waals surface area contributed by atoms with E-state index in [1.807, 2.05) is 25.1 Å². The van der Waals surface area contributed by atoms with Crippen LogP contribution in [0.3, 0.4) is 0 Å². The monoisotopic (exact) mass is 257 g/mol. The Bertz CT molecular complexity index is 483. The molecule has 1 aliphatic carbocycles. The average molecular weight is 257 g/mol. The molecule has 3 unspecified atom stereocenters. The molecule has 1 aromatic carbocycles.